The molecule has 120 valence electrons. The molecule has 0 bridgehead atoms. The van der Waals surface area contributed by atoms with Crippen molar-refractivity contribution >= 4 is 29.1 Å². The van der Waals surface area contributed by atoms with Gasteiger partial charge in [0, 0.05) is 41.3 Å². The first-order valence-electron chi connectivity index (χ1n) is 7.22. The first-order chi connectivity index (χ1) is 11.6. The molecule has 4 nitrogen and oxygen atoms in total. The van der Waals surface area contributed by atoms with Gasteiger partial charge in [0.2, 0.25) is 0 Å². The number of halogens is 2. The Kier molecular flexibility index (Phi) is 5.08. The monoisotopic (exact) mass is 357 g/mol. The quantitative estimate of drug-likeness (QED) is 0.704. The van der Waals surface area contributed by atoms with Crippen molar-refractivity contribution in [1.29, 1.82) is 0 Å². The Morgan fingerprint density at radius 1 is 1.04 bits per heavy atom. The van der Waals surface area contributed by atoms with Gasteiger partial charge in [-0.25, -0.2) is 4.98 Å². The number of nitrogens with zero attached hydrogens (tertiary/aromatic N) is 2. The molecule has 2 aromatic heterocycles. The van der Waals surface area contributed by atoms with Crippen LogP contribution >= 0.6 is 23.2 Å². The Morgan fingerprint density at radius 3 is 2.58 bits per heavy atom. The van der Waals surface area contributed by atoms with Crippen LogP contribution in [-0.4, -0.2) is 15.9 Å². The predicted molar refractivity (Wildman–Crippen MR) is 95.1 cm³/mol. The molecule has 3 rings (SSSR count). The van der Waals surface area contributed by atoms with Gasteiger partial charge in [0.25, 0.3) is 5.91 Å². The van der Waals surface area contributed by atoms with E-state index in [1.165, 1.54) is 6.20 Å². The number of pyridine rings is 2. The molecule has 2 heterocycles. The molecule has 0 atom stereocenters. The van der Waals surface area contributed by atoms with Gasteiger partial charge in [0.15, 0.2) is 0 Å². The van der Waals surface area contributed by atoms with Gasteiger partial charge >= 0.3 is 0 Å². The highest BCUT2D eigenvalue weighted by molar-refractivity contribution is 6.30. The zero-order chi connectivity index (χ0) is 16.9. The SMILES string of the molecule is O=C(NCc1cccnc1Cl)c1cncc(-c2ccc(Cl)cc2)c1. The van der Waals surface area contributed by atoms with Crippen LogP contribution in [0.4, 0.5) is 0 Å². The highest BCUT2D eigenvalue weighted by Crippen LogP contribution is 2.21. The number of benzene rings is 1. The number of carbonyl (C=O) groups is 1. The van der Waals surface area contributed by atoms with Crippen molar-refractivity contribution in [2.24, 2.45) is 0 Å². The Morgan fingerprint density at radius 2 is 1.83 bits per heavy atom. The molecular weight excluding hydrogens is 345 g/mol. The summed E-state index contributed by atoms with van der Waals surface area (Å²) in [6.45, 7) is 0.302. The maximum Gasteiger partial charge on any atom is 0.253 e. The van der Waals surface area contributed by atoms with Gasteiger partial charge in [-0.1, -0.05) is 41.4 Å². The smallest absolute Gasteiger partial charge is 0.253 e. The fraction of sp³-hybridized carbons (Fsp3) is 0.0556. The van der Waals surface area contributed by atoms with Crippen LogP contribution < -0.4 is 5.32 Å². The molecular formula is C18H13Cl2N3O. The Balaban J connectivity index is 1.75. The van der Waals surface area contributed by atoms with Crippen LogP contribution in [0.15, 0.2) is 61.1 Å². The van der Waals surface area contributed by atoms with E-state index in [-0.39, 0.29) is 5.91 Å². The first-order valence-corrected chi connectivity index (χ1v) is 7.97. The standard InChI is InChI=1S/C18H13Cl2N3O/c19-16-5-3-12(4-6-16)14-8-15(10-21-9-14)18(24)23-11-13-2-1-7-22-17(13)20/h1-10H,11H2,(H,23,24). The van der Waals surface area contributed by atoms with Gasteiger partial charge in [-0.15, -0.1) is 0 Å². The summed E-state index contributed by atoms with van der Waals surface area (Å²) in [7, 11) is 0. The lowest BCUT2D eigenvalue weighted by Crippen LogP contribution is -2.23. The first kappa shape index (κ1) is 16.4. The zero-order valence-corrected chi connectivity index (χ0v) is 14.1. The molecule has 0 radical (unpaired) electrons. The number of hydrogen-bond acceptors (Lipinski definition) is 3. The second-order valence-corrected chi connectivity index (χ2v) is 5.90. The summed E-state index contributed by atoms with van der Waals surface area (Å²) in [6.07, 6.45) is 4.84. The molecule has 1 amide bonds. The second kappa shape index (κ2) is 7.43. The average molecular weight is 358 g/mol. The molecule has 0 aliphatic rings. The van der Waals surface area contributed by atoms with Crippen molar-refractivity contribution in [1.82, 2.24) is 15.3 Å². The molecule has 0 saturated heterocycles. The molecule has 0 fully saturated rings. The van der Waals surface area contributed by atoms with Crippen molar-refractivity contribution in [3.8, 4) is 11.1 Å². The van der Waals surface area contributed by atoms with Crippen molar-refractivity contribution in [3.63, 3.8) is 0 Å². The van der Waals surface area contributed by atoms with E-state index in [1.807, 2.05) is 18.2 Å². The van der Waals surface area contributed by atoms with Gasteiger partial charge < -0.3 is 5.32 Å². The lowest BCUT2D eigenvalue weighted by Gasteiger charge is -2.08. The summed E-state index contributed by atoms with van der Waals surface area (Å²) < 4.78 is 0. The predicted octanol–water partition coefficient (Wildman–Crippen LogP) is 4.38. The van der Waals surface area contributed by atoms with E-state index in [4.69, 9.17) is 23.2 Å². The zero-order valence-electron chi connectivity index (χ0n) is 12.5. The minimum Gasteiger partial charge on any atom is -0.348 e. The van der Waals surface area contributed by atoms with Gasteiger partial charge in [0.05, 0.1) is 5.56 Å². The van der Waals surface area contributed by atoms with Crippen LogP contribution in [-0.2, 0) is 6.54 Å². The van der Waals surface area contributed by atoms with Crippen molar-refractivity contribution in [2.45, 2.75) is 6.54 Å². The molecule has 24 heavy (non-hydrogen) atoms. The fourth-order valence-electron chi connectivity index (χ4n) is 2.19. The van der Waals surface area contributed by atoms with E-state index in [1.54, 1.807) is 36.7 Å². The van der Waals surface area contributed by atoms with E-state index >= 15 is 0 Å². The Labute approximate surface area is 149 Å². The Bertz CT molecular complexity index is 866. The summed E-state index contributed by atoms with van der Waals surface area (Å²) in [4.78, 5) is 20.5. The van der Waals surface area contributed by atoms with Crippen LogP contribution in [0.3, 0.4) is 0 Å². The third kappa shape index (κ3) is 3.91. The highest BCUT2D eigenvalue weighted by Gasteiger charge is 2.09. The van der Waals surface area contributed by atoms with Gasteiger partial charge in [-0.3, -0.25) is 9.78 Å². The average Bonchev–Trinajstić information content (AvgIpc) is 2.61. The third-order valence-electron chi connectivity index (χ3n) is 3.45. The van der Waals surface area contributed by atoms with E-state index in [0.29, 0.717) is 22.3 Å². The molecule has 1 aromatic carbocycles. The lowest BCUT2D eigenvalue weighted by molar-refractivity contribution is 0.0950. The summed E-state index contributed by atoms with van der Waals surface area (Å²) in [5.74, 6) is -0.224. The summed E-state index contributed by atoms with van der Waals surface area (Å²) >= 11 is 11.9. The van der Waals surface area contributed by atoms with Gasteiger partial charge in [-0.05, 0) is 29.8 Å². The highest BCUT2D eigenvalue weighted by atomic mass is 35.5. The maximum absolute atomic E-state index is 12.3. The molecule has 0 aliphatic carbocycles. The van der Waals surface area contributed by atoms with Crippen molar-refractivity contribution in [3.05, 3.63) is 82.4 Å². The number of carbonyl (C=O) groups excluding carboxylic acids is 1. The third-order valence-corrected chi connectivity index (χ3v) is 4.05. The summed E-state index contributed by atoms with van der Waals surface area (Å²) in [5, 5.41) is 3.86. The molecule has 0 unspecified atom stereocenters. The Hall–Kier alpha value is -2.43. The van der Waals surface area contributed by atoms with Gasteiger partial charge in [-0.2, -0.15) is 0 Å². The van der Waals surface area contributed by atoms with Crippen LogP contribution in [0, 0.1) is 0 Å². The van der Waals surface area contributed by atoms with E-state index in [2.05, 4.69) is 15.3 Å². The van der Waals surface area contributed by atoms with E-state index < -0.39 is 0 Å². The number of hydrogen-bond donors (Lipinski definition) is 1. The minimum absolute atomic E-state index is 0.224. The van der Waals surface area contributed by atoms with Crippen LogP contribution in [0.1, 0.15) is 15.9 Å². The molecule has 3 aromatic rings. The molecule has 6 heteroatoms. The molecule has 0 spiro atoms. The van der Waals surface area contributed by atoms with Crippen LogP contribution in [0.5, 0.6) is 0 Å². The largest absolute Gasteiger partial charge is 0.348 e. The summed E-state index contributed by atoms with van der Waals surface area (Å²) in [5.41, 5.74) is 3.02. The molecule has 1 N–H and O–H groups in total. The number of aromatic nitrogens is 2. The van der Waals surface area contributed by atoms with Gasteiger partial charge in [0.1, 0.15) is 5.15 Å². The lowest BCUT2D eigenvalue weighted by atomic mass is 10.1. The number of amides is 1. The number of rotatable bonds is 4. The normalized spacial score (nSPS) is 10.4. The topological polar surface area (TPSA) is 54.9 Å². The van der Waals surface area contributed by atoms with Crippen molar-refractivity contribution < 1.29 is 4.79 Å². The van der Waals surface area contributed by atoms with E-state index in [0.717, 1.165) is 16.7 Å². The fourth-order valence-corrected chi connectivity index (χ4v) is 2.51. The summed E-state index contributed by atoms with van der Waals surface area (Å²) in [6, 6.07) is 12.7. The van der Waals surface area contributed by atoms with Crippen LogP contribution in [0.2, 0.25) is 10.2 Å². The molecule has 0 aliphatic heterocycles. The number of nitrogens with one attached hydrogen (secondary N) is 1. The maximum atomic E-state index is 12.3. The second-order valence-electron chi connectivity index (χ2n) is 5.11. The van der Waals surface area contributed by atoms with Crippen LogP contribution in [0.25, 0.3) is 11.1 Å². The molecule has 0 saturated carbocycles. The van der Waals surface area contributed by atoms with E-state index in [9.17, 15) is 4.79 Å². The minimum atomic E-state index is -0.224. The van der Waals surface area contributed by atoms with Crippen molar-refractivity contribution in [2.75, 3.05) is 0 Å².